The summed E-state index contributed by atoms with van der Waals surface area (Å²) in [7, 11) is 0. The molecule has 29 heavy (non-hydrogen) atoms. The number of thioether (sulfide) groups is 1. The van der Waals surface area contributed by atoms with Crippen molar-refractivity contribution in [1.82, 2.24) is 19.7 Å². The van der Waals surface area contributed by atoms with Gasteiger partial charge in [0, 0.05) is 5.75 Å². The number of nitrogens with zero attached hydrogens (tertiary/aromatic N) is 4. The normalized spacial score (nSPS) is 12.2. The molecule has 9 heteroatoms. The van der Waals surface area contributed by atoms with E-state index in [1.807, 2.05) is 42.5 Å². The maximum atomic E-state index is 12.8. The Labute approximate surface area is 176 Å². The first-order valence-corrected chi connectivity index (χ1v) is 11.0. The summed E-state index contributed by atoms with van der Waals surface area (Å²) in [6.07, 6.45) is 0.893. The van der Waals surface area contributed by atoms with Gasteiger partial charge in [0.2, 0.25) is 11.9 Å². The molecule has 148 valence electrons. The van der Waals surface area contributed by atoms with Crippen LogP contribution in [0, 0.1) is 0 Å². The predicted octanol–water partition coefficient (Wildman–Crippen LogP) is 4.00. The number of nitrogens with two attached hydrogens (primary N) is 1. The molecule has 0 saturated carbocycles. The van der Waals surface area contributed by atoms with Crippen molar-refractivity contribution in [3.05, 3.63) is 60.2 Å². The van der Waals surface area contributed by atoms with E-state index in [0.717, 1.165) is 22.4 Å². The number of rotatable bonds is 7. The van der Waals surface area contributed by atoms with E-state index in [4.69, 9.17) is 5.73 Å². The lowest BCUT2D eigenvalue weighted by molar-refractivity contribution is -0.118. The summed E-state index contributed by atoms with van der Waals surface area (Å²) in [5.41, 5.74) is 8.11. The molecular formula is C20H20N6OS2. The minimum absolute atomic E-state index is 0.208. The van der Waals surface area contributed by atoms with E-state index in [1.54, 1.807) is 11.5 Å². The Balaban J connectivity index is 1.44. The zero-order valence-electron chi connectivity index (χ0n) is 15.8. The van der Waals surface area contributed by atoms with Crippen molar-refractivity contribution in [1.29, 1.82) is 0 Å². The van der Waals surface area contributed by atoms with Gasteiger partial charge in [-0.25, -0.2) is 4.98 Å². The molecule has 1 unspecified atom stereocenters. The Morgan fingerprint density at radius 1 is 1.17 bits per heavy atom. The largest absolute Gasteiger partial charge is 0.368 e. The lowest BCUT2D eigenvalue weighted by Crippen LogP contribution is -2.25. The molecule has 0 fully saturated rings. The Hall–Kier alpha value is -2.91. The summed E-state index contributed by atoms with van der Waals surface area (Å²) in [4.78, 5) is 17.3. The molecule has 0 spiro atoms. The number of aryl methyl sites for hydroxylation is 1. The molecule has 4 aromatic rings. The molecule has 0 radical (unpaired) electrons. The van der Waals surface area contributed by atoms with Crippen LogP contribution in [0.4, 0.5) is 11.1 Å². The number of hydrogen-bond acceptors (Lipinski definition) is 7. The number of hydrogen-bond donors (Lipinski definition) is 2. The van der Waals surface area contributed by atoms with Crippen LogP contribution in [0.25, 0.3) is 10.2 Å². The molecule has 1 atom stereocenters. The standard InChI is InChI=1S/C20H20N6OS2/c1-13(17(27)23-19-22-15-9-5-6-10-16(15)29-19)26-18(21)24-25-20(26)28-12-11-14-7-3-2-4-8-14/h2-10,13H,11-12H2,1H3,(H2,21,24)(H,22,23,27). The van der Waals surface area contributed by atoms with Gasteiger partial charge in [0.25, 0.3) is 0 Å². The molecule has 3 N–H and O–H groups in total. The molecule has 0 bridgehead atoms. The Morgan fingerprint density at radius 2 is 1.93 bits per heavy atom. The van der Waals surface area contributed by atoms with Crippen LogP contribution in [-0.4, -0.2) is 31.4 Å². The molecular weight excluding hydrogens is 404 g/mol. The Bertz CT molecular complexity index is 1090. The van der Waals surface area contributed by atoms with Gasteiger partial charge in [-0.15, -0.1) is 10.2 Å². The summed E-state index contributed by atoms with van der Waals surface area (Å²) in [6, 6.07) is 17.4. The van der Waals surface area contributed by atoms with E-state index < -0.39 is 6.04 Å². The van der Waals surface area contributed by atoms with Crippen molar-refractivity contribution in [2.75, 3.05) is 16.8 Å². The van der Waals surface area contributed by atoms with Crippen molar-refractivity contribution >= 4 is 50.3 Å². The van der Waals surface area contributed by atoms with E-state index in [1.165, 1.54) is 28.7 Å². The van der Waals surface area contributed by atoms with Gasteiger partial charge >= 0.3 is 0 Å². The van der Waals surface area contributed by atoms with Crippen LogP contribution in [-0.2, 0) is 11.2 Å². The number of para-hydroxylation sites is 1. The highest BCUT2D eigenvalue weighted by Gasteiger charge is 2.23. The van der Waals surface area contributed by atoms with E-state index in [9.17, 15) is 4.79 Å². The van der Waals surface area contributed by atoms with Crippen molar-refractivity contribution in [3.8, 4) is 0 Å². The number of nitrogen functional groups attached to an aromatic ring is 1. The second-order valence-electron chi connectivity index (χ2n) is 6.45. The number of carbonyl (C=O) groups is 1. The van der Waals surface area contributed by atoms with Crippen LogP contribution in [0.15, 0.2) is 59.8 Å². The van der Waals surface area contributed by atoms with Crippen molar-refractivity contribution in [3.63, 3.8) is 0 Å². The minimum atomic E-state index is -0.559. The summed E-state index contributed by atoms with van der Waals surface area (Å²) in [5.74, 6) is 0.827. The summed E-state index contributed by atoms with van der Waals surface area (Å²) >= 11 is 2.98. The minimum Gasteiger partial charge on any atom is -0.368 e. The third kappa shape index (κ3) is 4.41. The maximum absolute atomic E-state index is 12.8. The molecule has 1 amide bonds. The van der Waals surface area contributed by atoms with Crippen LogP contribution < -0.4 is 11.1 Å². The SMILES string of the molecule is CC(C(=O)Nc1nc2ccccc2s1)n1c(N)nnc1SCCc1ccccc1. The van der Waals surface area contributed by atoms with Gasteiger partial charge in [-0.3, -0.25) is 9.36 Å². The van der Waals surface area contributed by atoms with Gasteiger partial charge in [0.15, 0.2) is 10.3 Å². The monoisotopic (exact) mass is 424 g/mol. The van der Waals surface area contributed by atoms with Crippen LogP contribution in [0.3, 0.4) is 0 Å². The van der Waals surface area contributed by atoms with Gasteiger partial charge in [-0.05, 0) is 31.0 Å². The molecule has 2 aromatic heterocycles. The molecule has 2 heterocycles. The van der Waals surface area contributed by atoms with Gasteiger partial charge in [0.05, 0.1) is 10.2 Å². The first-order valence-electron chi connectivity index (χ1n) is 9.15. The molecule has 0 aliphatic carbocycles. The van der Waals surface area contributed by atoms with Crippen molar-refractivity contribution in [2.24, 2.45) is 0 Å². The Morgan fingerprint density at radius 3 is 2.72 bits per heavy atom. The molecule has 7 nitrogen and oxygen atoms in total. The zero-order valence-corrected chi connectivity index (χ0v) is 17.4. The number of aromatic nitrogens is 4. The number of carbonyl (C=O) groups excluding carboxylic acids is 1. The molecule has 0 aliphatic heterocycles. The average molecular weight is 425 g/mol. The summed E-state index contributed by atoms with van der Waals surface area (Å²) in [5, 5.41) is 12.2. The van der Waals surface area contributed by atoms with Crippen LogP contribution in [0.2, 0.25) is 0 Å². The van der Waals surface area contributed by atoms with E-state index in [-0.39, 0.29) is 11.9 Å². The zero-order chi connectivity index (χ0) is 20.2. The predicted molar refractivity (Wildman–Crippen MR) is 118 cm³/mol. The van der Waals surface area contributed by atoms with Crippen molar-refractivity contribution in [2.45, 2.75) is 24.5 Å². The molecule has 4 rings (SSSR count). The highest BCUT2D eigenvalue weighted by molar-refractivity contribution is 7.99. The Kier molecular flexibility index (Phi) is 5.77. The number of nitrogens with one attached hydrogen (secondary N) is 1. The summed E-state index contributed by atoms with van der Waals surface area (Å²) < 4.78 is 2.69. The average Bonchev–Trinajstić information content (AvgIpc) is 3.31. The second-order valence-corrected chi connectivity index (χ2v) is 8.54. The molecule has 0 saturated heterocycles. The quantitative estimate of drug-likeness (QED) is 0.435. The lowest BCUT2D eigenvalue weighted by atomic mass is 10.2. The third-order valence-electron chi connectivity index (χ3n) is 4.45. The number of benzene rings is 2. The molecule has 0 aliphatic rings. The third-order valence-corrected chi connectivity index (χ3v) is 6.34. The first kappa shape index (κ1) is 19.4. The fourth-order valence-electron chi connectivity index (χ4n) is 2.91. The highest BCUT2D eigenvalue weighted by atomic mass is 32.2. The fourth-order valence-corrected chi connectivity index (χ4v) is 4.79. The van der Waals surface area contributed by atoms with Crippen LogP contribution in [0.1, 0.15) is 18.5 Å². The van der Waals surface area contributed by atoms with Crippen LogP contribution in [0.5, 0.6) is 0 Å². The second kappa shape index (κ2) is 8.62. The van der Waals surface area contributed by atoms with E-state index in [2.05, 4.69) is 32.6 Å². The van der Waals surface area contributed by atoms with Gasteiger partial charge < -0.3 is 11.1 Å². The lowest BCUT2D eigenvalue weighted by Gasteiger charge is -2.15. The highest BCUT2D eigenvalue weighted by Crippen LogP contribution is 2.28. The van der Waals surface area contributed by atoms with Crippen molar-refractivity contribution < 1.29 is 4.79 Å². The van der Waals surface area contributed by atoms with Crippen LogP contribution >= 0.6 is 23.1 Å². The van der Waals surface area contributed by atoms with Gasteiger partial charge in [-0.1, -0.05) is 65.6 Å². The van der Waals surface area contributed by atoms with E-state index >= 15 is 0 Å². The van der Waals surface area contributed by atoms with E-state index in [0.29, 0.717) is 10.3 Å². The smallest absolute Gasteiger partial charge is 0.249 e. The van der Waals surface area contributed by atoms with Gasteiger partial charge in [-0.2, -0.15) is 0 Å². The summed E-state index contributed by atoms with van der Waals surface area (Å²) in [6.45, 7) is 1.78. The fraction of sp³-hybridized carbons (Fsp3) is 0.200. The molecule has 2 aromatic carbocycles. The topological polar surface area (TPSA) is 98.7 Å². The first-order chi connectivity index (χ1) is 14.1. The number of amides is 1. The maximum Gasteiger partial charge on any atom is 0.249 e. The number of thiazole rings is 1. The number of anilines is 2. The number of fused-ring (bicyclic) bond motifs is 1. The van der Waals surface area contributed by atoms with Gasteiger partial charge in [0.1, 0.15) is 6.04 Å².